The van der Waals surface area contributed by atoms with Crippen molar-refractivity contribution in [3.05, 3.63) is 45.3 Å². The lowest BCUT2D eigenvalue weighted by Gasteiger charge is -2.25. The van der Waals surface area contributed by atoms with Gasteiger partial charge in [0.1, 0.15) is 10.8 Å². The van der Waals surface area contributed by atoms with E-state index >= 15 is 0 Å². The van der Waals surface area contributed by atoms with E-state index < -0.39 is 11.9 Å². The molecule has 148 valence electrons. The summed E-state index contributed by atoms with van der Waals surface area (Å²) < 4.78 is 10.3. The average molecular weight is 423 g/mol. The molecule has 1 aliphatic heterocycles. The number of ether oxygens (including phenoxy) is 2. The fraction of sp³-hybridized carbons (Fsp3) is 0.316. The smallest absolute Gasteiger partial charge is 0.341 e. The predicted molar refractivity (Wildman–Crippen MR) is 106 cm³/mol. The van der Waals surface area contributed by atoms with Crippen LogP contribution in [0.1, 0.15) is 27.7 Å². The van der Waals surface area contributed by atoms with Crippen molar-refractivity contribution in [2.24, 2.45) is 0 Å². The fourth-order valence-electron chi connectivity index (χ4n) is 2.92. The number of hydrogen-bond donors (Lipinski definition) is 1. The fourth-order valence-corrected chi connectivity index (χ4v) is 4.31. The second-order valence-electron chi connectivity index (χ2n) is 6.18. The minimum atomic E-state index is -0.511. The van der Waals surface area contributed by atoms with Crippen LogP contribution in [0.15, 0.2) is 24.3 Å². The number of hydrogen-bond acceptors (Lipinski definition) is 6. The van der Waals surface area contributed by atoms with Crippen molar-refractivity contribution in [1.29, 1.82) is 0 Å². The molecule has 0 atom stereocenters. The molecule has 1 aromatic heterocycles. The molecule has 0 aliphatic carbocycles. The molecule has 0 bridgehead atoms. The van der Waals surface area contributed by atoms with Crippen LogP contribution in [0.2, 0.25) is 5.02 Å². The Labute approximate surface area is 171 Å². The monoisotopic (exact) mass is 422 g/mol. The van der Waals surface area contributed by atoms with Gasteiger partial charge in [-0.3, -0.25) is 9.59 Å². The van der Waals surface area contributed by atoms with E-state index in [0.29, 0.717) is 40.8 Å². The van der Waals surface area contributed by atoms with Crippen molar-refractivity contribution in [2.45, 2.75) is 19.9 Å². The van der Waals surface area contributed by atoms with Gasteiger partial charge in [-0.1, -0.05) is 11.6 Å². The number of fused-ring (bicyclic) bond motifs is 1. The van der Waals surface area contributed by atoms with Gasteiger partial charge in [0.15, 0.2) is 6.61 Å². The topological polar surface area (TPSA) is 84.9 Å². The minimum absolute atomic E-state index is 0.0272. The molecule has 3 rings (SSSR count). The van der Waals surface area contributed by atoms with E-state index in [1.807, 2.05) is 0 Å². The Balaban J connectivity index is 1.75. The molecule has 2 heterocycles. The minimum Gasteiger partial charge on any atom is -0.484 e. The molecule has 0 spiro atoms. The number of methoxy groups -OCH3 is 1. The molecular formula is C19H19ClN2O5S. The maximum atomic E-state index is 12.3. The molecular weight excluding hydrogens is 404 g/mol. The van der Waals surface area contributed by atoms with Gasteiger partial charge in [0, 0.05) is 23.4 Å². The van der Waals surface area contributed by atoms with E-state index in [-0.39, 0.29) is 12.5 Å². The first-order valence-corrected chi connectivity index (χ1v) is 9.75. The lowest BCUT2D eigenvalue weighted by molar-refractivity contribution is -0.129. The number of halogens is 1. The molecule has 0 fully saturated rings. The van der Waals surface area contributed by atoms with Crippen LogP contribution >= 0.6 is 22.9 Å². The first-order valence-electron chi connectivity index (χ1n) is 8.55. The molecule has 2 aromatic rings. The summed E-state index contributed by atoms with van der Waals surface area (Å²) >= 11 is 7.10. The Morgan fingerprint density at radius 3 is 2.61 bits per heavy atom. The zero-order valence-electron chi connectivity index (χ0n) is 15.4. The summed E-state index contributed by atoms with van der Waals surface area (Å²) in [4.78, 5) is 38.8. The van der Waals surface area contributed by atoms with Crippen molar-refractivity contribution in [3.8, 4) is 5.75 Å². The van der Waals surface area contributed by atoms with E-state index in [4.69, 9.17) is 21.1 Å². The molecule has 28 heavy (non-hydrogen) atoms. The van der Waals surface area contributed by atoms with Crippen molar-refractivity contribution < 1.29 is 23.9 Å². The van der Waals surface area contributed by atoms with Crippen molar-refractivity contribution in [2.75, 3.05) is 25.6 Å². The van der Waals surface area contributed by atoms with E-state index in [1.54, 1.807) is 29.2 Å². The second-order valence-corrected chi connectivity index (χ2v) is 7.72. The van der Waals surface area contributed by atoms with Gasteiger partial charge >= 0.3 is 5.97 Å². The van der Waals surface area contributed by atoms with Gasteiger partial charge in [-0.15, -0.1) is 11.3 Å². The van der Waals surface area contributed by atoms with Gasteiger partial charge in [-0.2, -0.15) is 0 Å². The zero-order valence-corrected chi connectivity index (χ0v) is 17.0. The summed E-state index contributed by atoms with van der Waals surface area (Å²) in [5.41, 5.74) is 1.17. The van der Waals surface area contributed by atoms with Crippen molar-refractivity contribution >= 4 is 45.7 Å². The van der Waals surface area contributed by atoms with Gasteiger partial charge in [0.05, 0.1) is 19.2 Å². The van der Waals surface area contributed by atoms with E-state index in [0.717, 1.165) is 10.4 Å². The molecule has 1 N–H and O–H groups in total. The molecule has 1 aromatic carbocycles. The average Bonchev–Trinajstić information content (AvgIpc) is 3.03. The Morgan fingerprint density at radius 1 is 1.25 bits per heavy atom. The standard InChI is InChI=1S/C19H19ClN2O5S/c1-11(23)22-8-7-14-15(9-22)28-18(17(14)19(25)26-2)21-16(24)10-27-13-5-3-12(20)4-6-13/h3-6H,7-10H2,1-2H3,(H,21,24). The molecule has 2 amide bonds. The summed E-state index contributed by atoms with van der Waals surface area (Å²) in [5.74, 6) is -0.430. The largest absolute Gasteiger partial charge is 0.484 e. The first kappa shape index (κ1) is 20.2. The van der Waals surface area contributed by atoms with Crippen LogP contribution in [0, 0.1) is 0 Å². The van der Waals surface area contributed by atoms with Gasteiger partial charge in [-0.05, 0) is 36.2 Å². The number of nitrogens with zero attached hydrogens (tertiary/aromatic N) is 1. The van der Waals surface area contributed by atoms with E-state index in [2.05, 4.69) is 5.32 Å². The Bertz CT molecular complexity index is 910. The van der Waals surface area contributed by atoms with Crippen LogP contribution in [0.5, 0.6) is 5.75 Å². The maximum Gasteiger partial charge on any atom is 0.341 e. The lowest BCUT2D eigenvalue weighted by Crippen LogP contribution is -2.33. The van der Waals surface area contributed by atoms with Crippen LogP contribution in [0.4, 0.5) is 5.00 Å². The number of thiophene rings is 1. The summed E-state index contributed by atoms with van der Waals surface area (Å²) in [6.07, 6.45) is 0.535. The third kappa shape index (κ3) is 4.45. The quantitative estimate of drug-likeness (QED) is 0.748. The van der Waals surface area contributed by atoms with E-state index in [1.165, 1.54) is 25.4 Å². The van der Waals surface area contributed by atoms with Crippen molar-refractivity contribution in [1.82, 2.24) is 4.90 Å². The molecule has 7 nitrogen and oxygen atoms in total. The van der Waals surface area contributed by atoms with Gasteiger partial charge in [0.25, 0.3) is 5.91 Å². The van der Waals surface area contributed by atoms with Gasteiger partial charge in [-0.25, -0.2) is 4.79 Å². The van der Waals surface area contributed by atoms with Crippen LogP contribution < -0.4 is 10.1 Å². The predicted octanol–water partition coefficient (Wildman–Crippen LogP) is 3.11. The molecule has 0 saturated heterocycles. The lowest BCUT2D eigenvalue weighted by atomic mass is 10.0. The number of nitrogens with one attached hydrogen (secondary N) is 1. The Hall–Kier alpha value is -2.58. The molecule has 0 radical (unpaired) electrons. The third-order valence-electron chi connectivity index (χ3n) is 4.33. The van der Waals surface area contributed by atoms with Crippen LogP contribution in [-0.2, 0) is 27.3 Å². The SMILES string of the molecule is COC(=O)c1c(NC(=O)COc2ccc(Cl)cc2)sc2c1CCN(C(C)=O)C2. The Morgan fingerprint density at radius 2 is 1.96 bits per heavy atom. The van der Waals surface area contributed by atoms with Crippen LogP contribution in [0.25, 0.3) is 0 Å². The molecule has 9 heteroatoms. The number of esters is 1. The summed E-state index contributed by atoms with van der Waals surface area (Å²) in [7, 11) is 1.30. The molecule has 1 aliphatic rings. The highest BCUT2D eigenvalue weighted by atomic mass is 35.5. The maximum absolute atomic E-state index is 12.3. The van der Waals surface area contributed by atoms with Gasteiger partial charge in [0.2, 0.25) is 5.91 Å². The third-order valence-corrected chi connectivity index (χ3v) is 5.71. The highest BCUT2D eigenvalue weighted by Crippen LogP contribution is 2.37. The Kier molecular flexibility index (Phi) is 6.21. The number of carbonyl (C=O) groups excluding carboxylic acids is 3. The van der Waals surface area contributed by atoms with E-state index in [9.17, 15) is 14.4 Å². The number of benzene rings is 1. The molecule has 0 unspecified atom stereocenters. The summed E-state index contributed by atoms with van der Waals surface area (Å²) in [6, 6.07) is 6.65. The zero-order chi connectivity index (χ0) is 20.3. The number of amides is 2. The van der Waals surface area contributed by atoms with Crippen molar-refractivity contribution in [3.63, 3.8) is 0 Å². The summed E-state index contributed by atoms with van der Waals surface area (Å²) in [5, 5.41) is 3.71. The summed E-state index contributed by atoms with van der Waals surface area (Å²) in [6.45, 7) is 2.23. The first-order chi connectivity index (χ1) is 13.4. The van der Waals surface area contributed by atoms with Crippen LogP contribution in [0.3, 0.4) is 0 Å². The molecule has 0 saturated carbocycles. The highest BCUT2D eigenvalue weighted by molar-refractivity contribution is 7.17. The number of carbonyl (C=O) groups is 3. The highest BCUT2D eigenvalue weighted by Gasteiger charge is 2.30. The van der Waals surface area contributed by atoms with Crippen LogP contribution in [-0.4, -0.2) is 42.9 Å². The number of anilines is 1. The normalized spacial score (nSPS) is 12.9. The number of rotatable bonds is 5. The second kappa shape index (κ2) is 8.62. The van der Waals surface area contributed by atoms with Gasteiger partial charge < -0.3 is 19.7 Å².